The Hall–Kier alpha value is -2.08. The zero-order chi connectivity index (χ0) is 15.0. The quantitative estimate of drug-likeness (QED) is 0.689. The second kappa shape index (κ2) is 5.37. The number of hydrogen-bond acceptors (Lipinski definition) is 2. The second-order valence-electron chi connectivity index (χ2n) is 4.39. The summed E-state index contributed by atoms with van der Waals surface area (Å²) >= 11 is 3.11. The lowest BCUT2D eigenvalue weighted by molar-refractivity contribution is 0.586. The number of aromatic nitrogens is 1. The van der Waals surface area contributed by atoms with Crippen LogP contribution in [0.3, 0.4) is 0 Å². The maximum Gasteiger partial charge on any atom is 0.149 e. The molecule has 0 bridgehead atoms. The van der Waals surface area contributed by atoms with Crippen LogP contribution in [0.15, 0.2) is 47.1 Å². The molecule has 0 fully saturated rings. The summed E-state index contributed by atoms with van der Waals surface area (Å²) in [4.78, 5) is 4.07. The molecule has 1 N–H and O–H groups in total. The maximum atomic E-state index is 13.7. The van der Waals surface area contributed by atoms with Gasteiger partial charge in [-0.05, 0) is 40.2 Å². The Morgan fingerprint density at radius 1 is 0.905 bits per heavy atom. The third-order valence-corrected chi connectivity index (χ3v) is 3.59. The first-order valence-corrected chi connectivity index (χ1v) is 6.80. The molecule has 1 heterocycles. The zero-order valence-corrected chi connectivity index (χ0v) is 12.1. The third kappa shape index (κ3) is 2.71. The summed E-state index contributed by atoms with van der Waals surface area (Å²) < 4.78 is 40.4. The van der Waals surface area contributed by atoms with Crippen LogP contribution in [-0.4, -0.2) is 4.98 Å². The first-order chi connectivity index (χ1) is 10.0. The molecule has 0 saturated heterocycles. The van der Waals surface area contributed by atoms with Crippen molar-refractivity contribution in [3.63, 3.8) is 0 Å². The van der Waals surface area contributed by atoms with Crippen LogP contribution in [0.25, 0.3) is 10.9 Å². The molecule has 21 heavy (non-hydrogen) atoms. The van der Waals surface area contributed by atoms with Gasteiger partial charge in [-0.2, -0.15) is 0 Å². The maximum absolute atomic E-state index is 13.7. The molecule has 0 aliphatic heterocycles. The lowest BCUT2D eigenvalue weighted by atomic mass is 10.1. The Morgan fingerprint density at radius 3 is 2.48 bits per heavy atom. The second-order valence-corrected chi connectivity index (χ2v) is 5.25. The molecular formula is C15H8BrF3N2. The summed E-state index contributed by atoms with van der Waals surface area (Å²) in [7, 11) is 0. The molecule has 3 aromatic rings. The van der Waals surface area contributed by atoms with Gasteiger partial charge in [-0.3, -0.25) is 4.98 Å². The average molecular weight is 353 g/mol. The molecular weight excluding hydrogens is 345 g/mol. The van der Waals surface area contributed by atoms with Gasteiger partial charge in [0.2, 0.25) is 0 Å². The predicted molar refractivity (Wildman–Crippen MR) is 79.0 cm³/mol. The van der Waals surface area contributed by atoms with Gasteiger partial charge in [0.15, 0.2) is 0 Å². The minimum atomic E-state index is -0.707. The molecule has 0 saturated carbocycles. The molecule has 0 atom stereocenters. The van der Waals surface area contributed by atoms with E-state index in [9.17, 15) is 13.2 Å². The summed E-state index contributed by atoms with van der Waals surface area (Å²) in [6, 6.07) is 7.73. The lowest BCUT2D eigenvalue weighted by Crippen LogP contribution is -1.96. The van der Waals surface area contributed by atoms with E-state index >= 15 is 0 Å². The third-order valence-electron chi connectivity index (χ3n) is 2.98. The predicted octanol–water partition coefficient (Wildman–Crippen LogP) is 5.16. The highest BCUT2D eigenvalue weighted by Crippen LogP contribution is 2.30. The van der Waals surface area contributed by atoms with E-state index in [4.69, 9.17) is 0 Å². The smallest absolute Gasteiger partial charge is 0.149 e. The van der Waals surface area contributed by atoms with Crippen molar-refractivity contribution < 1.29 is 13.2 Å². The standard InChI is InChI=1S/C15H8BrF3N2/c16-10-6-9-13(3-4-20-15(9)7-11(10)18)21-14-2-1-8(17)5-12(14)19/h1-7H,(H,20,21). The number of halogens is 4. The molecule has 1 aromatic heterocycles. The largest absolute Gasteiger partial charge is 0.353 e. The summed E-state index contributed by atoms with van der Waals surface area (Å²) in [6.45, 7) is 0. The summed E-state index contributed by atoms with van der Waals surface area (Å²) in [5.41, 5.74) is 1.11. The topological polar surface area (TPSA) is 24.9 Å². The summed E-state index contributed by atoms with van der Waals surface area (Å²) in [6.07, 6.45) is 1.49. The van der Waals surface area contributed by atoms with E-state index in [0.29, 0.717) is 16.6 Å². The Morgan fingerprint density at radius 2 is 1.71 bits per heavy atom. The van der Waals surface area contributed by atoms with Crippen LogP contribution in [0.5, 0.6) is 0 Å². The number of pyridine rings is 1. The number of nitrogens with zero attached hydrogens (tertiary/aromatic N) is 1. The van der Waals surface area contributed by atoms with Crippen LogP contribution in [0, 0.1) is 17.5 Å². The van der Waals surface area contributed by atoms with E-state index in [0.717, 1.165) is 12.1 Å². The molecule has 0 aliphatic rings. The van der Waals surface area contributed by atoms with Crippen LogP contribution >= 0.6 is 15.9 Å². The number of anilines is 2. The van der Waals surface area contributed by atoms with E-state index in [2.05, 4.69) is 26.2 Å². The average Bonchev–Trinajstić information content (AvgIpc) is 2.44. The van der Waals surface area contributed by atoms with Crippen molar-refractivity contribution in [3.8, 4) is 0 Å². The molecule has 2 nitrogen and oxygen atoms in total. The first kappa shape index (κ1) is 13.9. The van der Waals surface area contributed by atoms with Crippen molar-refractivity contribution in [2.24, 2.45) is 0 Å². The first-order valence-electron chi connectivity index (χ1n) is 6.00. The normalized spacial score (nSPS) is 10.9. The van der Waals surface area contributed by atoms with Crippen molar-refractivity contribution in [3.05, 3.63) is 64.5 Å². The number of rotatable bonds is 2. The molecule has 0 aliphatic carbocycles. The number of fused-ring (bicyclic) bond motifs is 1. The monoisotopic (exact) mass is 352 g/mol. The van der Waals surface area contributed by atoms with E-state index in [1.165, 1.54) is 18.3 Å². The Labute approximate surface area is 126 Å². The van der Waals surface area contributed by atoms with Crippen molar-refractivity contribution in [1.29, 1.82) is 0 Å². The van der Waals surface area contributed by atoms with Gasteiger partial charge in [0.05, 0.1) is 15.7 Å². The Kier molecular flexibility index (Phi) is 3.55. The highest BCUT2D eigenvalue weighted by molar-refractivity contribution is 9.10. The fraction of sp³-hybridized carbons (Fsp3) is 0. The van der Waals surface area contributed by atoms with Gasteiger partial charge < -0.3 is 5.32 Å². The van der Waals surface area contributed by atoms with Crippen LogP contribution < -0.4 is 5.32 Å². The van der Waals surface area contributed by atoms with Gasteiger partial charge in [0.25, 0.3) is 0 Å². The van der Waals surface area contributed by atoms with E-state index in [1.54, 1.807) is 12.1 Å². The molecule has 3 rings (SSSR count). The van der Waals surface area contributed by atoms with Gasteiger partial charge in [-0.1, -0.05) is 0 Å². The van der Waals surface area contributed by atoms with Crippen LogP contribution in [0.4, 0.5) is 24.5 Å². The van der Waals surface area contributed by atoms with Crippen molar-refractivity contribution in [2.45, 2.75) is 0 Å². The molecule has 0 radical (unpaired) electrons. The molecule has 106 valence electrons. The summed E-state index contributed by atoms with van der Waals surface area (Å²) in [5, 5.41) is 3.48. The lowest BCUT2D eigenvalue weighted by Gasteiger charge is -2.11. The van der Waals surface area contributed by atoms with Crippen LogP contribution in [-0.2, 0) is 0 Å². The Balaban J connectivity index is 2.10. The zero-order valence-electron chi connectivity index (χ0n) is 10.5. The minimum Gasteiger partial charge on any atom is -0.353 e. The van der Waals surface area contributed by atoms with Gasteiger partial charge in [-0.15, -0.1) is 0 Å². The minimum absolute atomic E-state index is 0.129. The van der Waals surface area contributed by atoms with Crippen molar-refractivity contribution in [1.82, 2.24) is 4.98 Å². The molecule has 2 aromatic carbocycles. The van der Waals surface area contributed by atoms with Crippen molar-refractivity contribution >= 4 is 38.2 Å². The number of nitrogens with one attached hydrogen (secondary N) is 1. The highest BCUT2D eigenvalue weighted by atomic mass is 79.9. The highest BCUT2D eigenvalue weighted by Gasteiger charge is 2.09. The summed E-state index contributed by atoms with van der Waals surface area (Å²) in [5.74, 6) is -1.79. The molecule has 0 spiro atoms. The van der Waals surface area contributed by atoms with Crippen LogP contribution in [0.2, 0.25) is 0 Å². The van der Waals surface area contributed by atoms with E-state index in [1.807, 2.05) is 0 Å². The van der Waals surface area contributed by atoms with Gasteiger partial charge in [0, 0.05) is 29.4 Å². The van der Waals surface area contributed by atoms with Crippen molar-refractivity contribution in [2.75, 3.05) is 5.32 Å². The molecule has 6 heteroatoms. The fourth-order valence-corrected chi connectivity index (χ4v) is 2.33. The molecule has 0 unspecified atom stereocenters. The number of hydrogen-bond donors (Lipinski definition) is 1. The van der Waals surface area contributed by atoms with Gasteiger partial charge in [-0.25, -0.2) is 13.2 Å². The van der Waals surface area contributed by atoms with Crippen LogP contribution in [0.1, 0.15) is 0 Å². The van der Waals surface area contributed by atoms with E-state index < -0.39 is 17.5 Å². The Bertz CT molecular complexity index is 837. The number of benzene rings is 2. The van der Waals surface area contributed by atoms with Gasteiger partial charge in [0.1, 0.15) is 17.5 Å². The van der Waals surface area contributed by atoms with Gasteiger partial charge >= 0.3 is 0 Å². The van der Waals surface area contributed by atoms with E-state index in [-0.39, 0.29) is 10.2 Å². The molecule has 0 amide bonds. The fourth-order valence-electron chi connectivity index (χ4n) is 1.99. The SMILES string of the molecule is Fc1ccc(Nc2ccnc3cc(F)c(Br)cc23)c(F)c1.